The molecule has 0 saturated heterocycles. The lowest BCUT2D eigenvalue weighted by Crippen LogP contribution is -2.25. The fourth-order valence-electron chi connectivity index (χ4n) is 3.54. The highest BCUT2D eigenvalue weighted by atomic mass is 35.5. The minimum Gasteiger partial charge on any atom is -0.495 e. The number of ether oxygens (including phenoxy) is 1. The Bertz CT molecular complexity index is 1080. The fraction of sp³-hybridized carbons (Fsp3) is 0.182. The van der Waals surface area contributed by atoms with Crippen LogP contribution >= 0.6 is 23.2 Å². The van der Waals surface area contributed by atoms with E-state index in [0.29, 0.717) is 23.1 Å². The highest BCUT2D eigenvalue weighted by Crippen LogP contribution is 2.33. The molecule has 4 nitrogen and oxygen atoms in total. The number of hydrogen-bond acceptors (Lipinski definition) is 3. The molecule has 0 aliphatic heterocycles. The third-order valence-corrected chi connectivity index (χ3v) is 5.29. The van der Waals surface area contributed by atoms with E-state index >= 15 is 0 Å². The lowest BCUT2D eigenvalue weighted by molar-refractivity contribution is 0.169. The van der Waals surface area contributed by atoms with E-state index in [-0.39, 0.29) is 0 Å². The summed E-state index contributed by atoms with van der Waals surface area (Å²) in [5.74, 6) is 0.746. The topological polar surface area (TPSA) is 46.4 Å². The smallest absolute Gasteiger partial charge is 0.141 e. The van der Waals surface area contributed by atoms with Crippen molar-refractivity contribution in [2.75, 3.05) is 19.0 Å². The number of benzene rings is 3. The molecule has 144 valence electrons. The number of fused-ring (bicyclic) bond motifs is 3. The van der Waals surface area contributed by atoms with Crippen molar-refractivity contribution in [2.45, 2.75) is 12.6 Å². The van der Waals surface area contributed by atoms with Gasteiger partial charge in [-0.05, 0) is 48.5 Å². The maximum atomic E-state index is 10.7. The number of aromatic nitrogens is 1. The van der Waals surface area contributed by atoms with Crippen LogP contribution in [0.2, 0.25) is 10.0 Å². The van der Waals surface area contributed by atoms with Gasteiger partial charge in [0.1, 0.15) is 5.75 Å². The normalized spacial score (nSPS) is 12.4. The molecular weight excluding hydrogens is 395 g/mol. The van der Waals surface area contributed by atoms with Crippen LogP contribution in [0.4, 0.5) is 5.69 Å². The molecule has 0 aliphatic carbocycles. The largest absolute Gasteiger partial charge is 0.495 e. The van der Waals surface area contributed by atoms with Gasteiger partial charge in [0.15, 0.2) is 0 Å². The van der Waals surface area contributed by atoms with Gasteiger partial charge in [-0.25, -0.2) is 0 Å². The number of aliphatic hydroxyl groups excluding tert-OH is 1. The minimum absolute atomic E-state index is 0.392. The first-order valence-corrected chi connectivity index (χ1v) is 9.74. The molecule has 2 N–H and O–H groups in total. The van der Waals surface area contributed by atoms with Gasteiger partial charge < -0.3 is 19.7 Å². The van der Waals surface area contributed by atoms with Crippen LogP contribution in [-0.4, -0.2) is 29.4 Å². The number of hydrogen-bond donors (Lipinski definition) is 2. The van der Waals surface area contributed by atoms with Crippen LogP contribution in [0.15, 0.2) is 60.7 Å². The predicted octanol–water partition coefficient (Wildman–Crippen LogP) is 5.58. The number of nitrogens with one attached hydrogen (secondary N) is 1. The Morgan fingerprint density at radius 1 is 0.964 bits per heavy atom. The van der Waals surface area contributed by atoms with Gasteiger partial charge in [0.25, 0.3) is 0 Å². The maximum absolute atomic E-state index is 10.7. The molecule has 6 heteroatoms. The molecule has 0 fully saturated rings. The molecule has 1 heterocycles. The van der Waals surface area contributed by atoms with E-state index in [4.69, 9.17) is 27.9 Å². The van der Waals surface area contributed by atoms with Crippen molar-refractivity contribution in [2.24, 2.45) is 0 Å². The van der Waals surface area contributed by atoms with Crippen LogP contribution in [0.25, 0.3) is 21.8 Å². The Balaban J connectivity index is 1.63. The van der Waals surface area contributed by atoms with Crippen molar-refractivity contribution in [3.63, 3.8) is 0 Å². The first-order chi connectivity index (χ1) is 13.6. The van der Waals surface area contributed by atoms with E-state index in [2.05, 4.69) is 9.88 Å². The average Bonchev–Trinajstić information content (AvgIpc) is 2.98. The summed E-state index contributed by atoms with van der Waals surface area (Å²) < 4.78 is 7.45. The van der Waals surface area contributed by atoms with Gasteiger partial charge in [-0.2, -0.15) is 0 Å². The van der Waals surface area contributed by atoms with Crippen LogP contribution in [0.5, 0.6) is 5.75 Å². The van der Waals surface area contributed by atoms with Gasteiger partial charge in [-0.15, -0.1) is 0 Å². The molecule has 4 aromatic rings. The molecule has 0 spiro atoms. The SMILES string of the molecule is COc1ccccc1NC[C@@H](O)Cn1c2ccc(Cl)cc2c2cc(Cl)ccc21. The quantitative estimate of drug-likeness (QED) is 0.432. The summed E-state index contributed by atoms with van der Waals surface area (Å²) in [4.78, 5) is 0. The summed E-state index contributed by atoms with van der Waals surface area (Å²) >= 11 is 12.4. The standard InChI is InChI=1S/C22H20Cl2N2O2/c1-28-22-5-3-2-4-19(22)25-12-16(27)13-26-20-8-6-14(23)10-17(20)18-11-15(24)7-9-21(18)26/h2-11,16,25,27H,12-13H2,1H3/t16-/m1/s1. The van der Waals surface area contributed by atoms with Crippen molar-refractivity contribution in [1.82, 2.24) is 4.57 Å². The molecule has 0 amide bonds. The second-order valence-electron chi connectivity index (χ2n) is 6.67. The van der Waals surface area contributed by atoms with E-state index in [0.717, 1.165) is 33.2 Å². The Morgan fingerprint density at radius 3 is 2.18 bits per heavy atom. The zero-order valence-electron chi connectivity index (χ0n) is 15.3. The highest BCUT2D eigenvalue weighted by molar-refractivity contribution is 6.33. The second kappa shape index (κ2) is 7.92. The highest BCUT2D eigenvalue weighted by Gasteiger charge is 2.15. The summed E-state index contributed by atoms with van der Waals surface area (Å²) in [6.07, 6.45) is -0.602. The molecule has 1 aromatic heterocycles. The van der Waals surface area contributed by atoms with E-state index in [1.165, 1.54) is 0 Å². The van der Waals surface area contributed by atoms with Crippen molar-refractivity contribution in [1.29, 1.82) is 0 Å². The van der Waals surface area contributed by atoms with Gasteiger partial charge >= 0.3 is 0 Å². The molecule has 0 aliphatic rings. The minimum atomic E-state index is -0.602. The van der Waals surface area contributed by atoms with E-state index in [1.54, 1.807) is 7.11 Å². The molecule has 0 radical (unpaired) electrons. The number of rotatable bonds is 6. The lowest BCUT2D eigenvalue weighted by atomic mass is 10.1. The summed E-state index contributed by atoms with van der Waals surface area (Å²) in [5.41, 5.74) is 2.88. The number of halogens is 2. The lowest BCUT2D eigenvalue weighted by Gasteiger charge is -2.17. The van der Waals surface area contributed by atoms with Gasteiger partial charge in [0.05, 0.1) is 25.4 Å². The van der Waals surface area contributed by atoms with E-state index < -0.39 is 6.10 Å². The van der Waals surface area contributed by atoms with Gasteiger partial charge in [-0.1, -0.05) is 35.3 Å². The Labute approximate surface area is 173 Å². The zero-order valence-corrected chi connectivity index (χ0v) is 16.8. The number of nitrogens with zero attached hydrogens (tertiary/aromatic N) is 1. The predicted molar refractivity (Wildman–Crippen MR) is 117 cm³/mol. The summed E-state index contributed by atoms with van der Waals surface area (Å²) in [5, 5.41) is 17.3. The Kier molecular flexibility index (Phi) is 5.36. The molecule has 0 saturated carbocycles. The van der Waals surface area contributed by atoms with Gasteiger partial charge in [0.2, 0.25) is 0 Å². The number of methoxy groups -OCH3 is 1. The zero-order chi connectivity index (χ0) is 19.7. The number of para-hydroxylation sites is 2. The van der Waals surface area contributed by atoms with Crippen molar-refractivity contribution in [3.05, 3.63) is 70.7 Å². The van der Waals surface area contributed by atoms with Crippen LogP contribution in [0.3, 0.4) is 0 Å². The van der Waals surface area contributed by atoms with Gasteiger partial charge in [0, 0.05) is 38.4 Å². The van der Waals surface area contributed by atoms with Crippen LogP contribution < -0.4 is 10.1 Å². The Hall–Kier alpha value is -2.40. The Morgan fingerprint density at radius 2 is 1.57 bits per heavy atom. The van der Waals surface area contributed by atoms with Crippen molar-refractivity contribution >= 4 is 50.7 Å². The molecular formula is C22H20Cl2N2O2. The maximum Gasteiger partial charge on any atom is 0.141 e. The summed E-state index contributed by atoms with van der Waals surface area (Å²) in [6.45, 7) is 0.828. The first kappa shape index (κ1) is 18.9. The third-order valence-electron chi connectivity index (χ3n) is 4.82. The van der Waals surface area contributed by atoms with E-state index in [9.17, 15) is 5.11 Å². The first-order valence-electron chi connectivity index (χ1n) is 8.99. The molecule has 28 heavy (non-hydrogen) atoms. The van der Waals surface area contributed by atoms with Crippen LogP contribution in [0, 0.1) is 0 Å². The van der Waals surface area contributed by atoms with E-state index in [1.807, 2.05) is 60.7 Å². The molecule has 0 bridgehead atoms. The number of anilines is 1. The fourth-order valence-corrected chi connectivity index (χ4v) is 3.88. The third kappa shape index (κ3) is 3.63. The van der Waals surface area contributed by atoms with Crippen LogP contribution in [-0.2, 0) is 6.54 Å². The average molecular weight is 415 g/mol. The van der Waals surface area contributed by atoms with Gasteiger partial charge in [-0.3, -0.25) is 0 Å². The molecule has 1 atom stereocenters. The van der Waals surface area contributed by atoms with Crippen LogP contribution in [0.1, 0.15) is 0 Å². The summed E-state index contributed by atoms with van der Waals surface area (Å²) in [7, 11) is 1.63. The summed E-state index contributed by atoms with van der Waals surface area (Å²) in [6, 6.07) is 19.2. The molecule has 0 unspecified atom stereocenters. The second-order valence-corrected chi connectivity index (χ2v) is 7.54. The van der Waals surface area contributed by atoms with Crippen molar-refractivity contribution in [3.8, 4) is 5.75 Å². The number of aliphatic hydroxyl groups is 1. The molecule has 4 rings (SSSR count). The molecule has 3 aromatic carbocycles. The monoisotopic (exact) mass is 414 g/mol. The van der Waals surface area contributed by atoms with Crippen molar-refractivity contribution < 1.29 is 9.84 Å².